The molecule has 0 N–H and O–H groups in total. The van der Waals surface area contributed by atoms with Gasteiger partial charge in [-0.1, -0.05) is 55.0 Å². The Balaban J connectivity index is 1.85. The van der Waals surface area contributed by atoms with Crippen LogP contribution in [0.2, 0.25) is 0 Å². The number of benzene rings is 2. The molecule has 6 heteroatoms. The first-order valence-corrected chi connectivity index (χ1v) is 10.0. The number of hydrogen-bond donors (Lipinski definition) is 0. The van der Waals surface area contributed by atoms with Gasteiger partial charge in [0.15, 0.2) is 0 Å². The van der Waals surface area contributed by atoms with Crippen molar-refractivity contribution in [3.8, 4) is 5.75 Å². The van der Waals surface area contributed by atoms with Crippen molar-refractivity contribution in [2.75, 3.05) is 12.0 Å². The number of aryl methyl sites for hydroxylation is 1. The number of carbonyl (C=O) groups is 1. The van der Waals surface area contributed by atoms with Crippen LogP contribution in [0.25, 0.3) is 0 Å². The molecule has 0 fully saturated rings. The monoisotopic (exact) mass is 390 g/mol. The number of carbonyl (C=O) groups excluding carboxylic acids is 1. The number of methoxy groups -OCH3 is 1. The van der Waals surface area contributed by atoms with Crippen molar-refractivity contribution in [3.63, 3.8) is 0 Å². The zero-order valence-electron chi connectivity index (χ0n) is 17.1. The van der Waals surface area contributed by atoms with Gasteiger partial charge in [-0.2, -0.15) is 10.1 Å². The van der Waals surface area contributed by atoms with Gasteiger partial charge in [0.1, 0.15) is 12.1 Å². The van der Waals surface area contributed by atoms with Crippen LogP contribution in [0.1, 0.15) is 55.0 Å². The highest BCUT2D eigenvalue weighted by Gasteiger charge is 2.39. The molecule has 1 aliphatic rings. The van der Waals surface area contributed by atoms with E-state index in [2.05, 4.69) is 47.3 Å². The van der Waals surface area contributed by atoms with E-state index in [4.69, 9.17) is 4.74 Å². The highest BCUT2D eigenvalue weighted by Crippen LogP contribution is 2.44. The Labute approximate surface area is 171 Å². The summed E-state index contributed by atoms with van der Waals surface area (Å²) in [4.78, 5) is 19.4. The molecule has 0 radical (unpaired) electrons. The Kier molecular flexibility index (Phi) is 5.34. The number of hydrogen-bond acceptors (Lipinski definition) is 4. The number of rotatable bonds is 5. The average molecular weight is 390 g/mol. The third kappa shape index (κ3) is 3.50. The summed E-state index contributed by atoms with van der Waals surface area (Å²) in [6, 6.07) is 16.2. The van der Waals surface area contributed by atoms with Crippen molar-refractivity contribution in [1.29, 1.82) is 0 Å². The van der Waals surface area contributed by atoms with Gasteiger partial charge in [0.05, 0.1) is 19.2 Å². The average Bonchev–Trinajstić information content (AvgIpc) is 3.23. The van der Waals surface area contributed by atoms with E-state index < -0.39 is 0 Å². The molecule has 1 aliphatic heterocycles. The third-order valence-corrected chi connectivity index (χ3v) is 5.52. The minimum Gasteiger partial charge on any atom is -0.496 e. The van der Waals surface area contributed by atoms with Crippen molar-refractivity contribution in [1.82, 2.24) is 14.8 Å². The molecule has 6 nitrogen and oxygen atoms in total. The van der Waals surface area contributed by atoms with E-state index in [1.807, 2.05) is 34.7 Å². The van der Waals surface area contributed by atoms with Gasteiger partial charge in [-0.3, -0.25) is 9.69 Å². The number of anilines is 1. The lowest BCUT2D eigenvalue weighted by atomic mass is 9.91. The number of amides is 1. The molecule has 0 spiro atoms. The van der Waals surface area contributed by atoms with E-state index >= 15 is 0 Å². The number of fused-ring (bicyclic) bond motifs is 1. The van der Waals surface area contributed by atoms with Crippen LogP contribution >= 0.6 is 0 Å². The lowest BCUT2D eigenvalue weighted by Crippen LogP contribution is -2.42. The molecule has 4 rings (SSSR count). The molecule has 1 amide bonds. The van der Waals surface area contributed by atoms with Crippen LogP contribution in [0.15, 0.2) is 54.9 Å². The Morgan fingerprint density at radius 3 is 2.62 bits per heavy atom. The standard InChI is InChI=1S/C23H26N4O2/c1-4-7-22(28)26-19(17-12-10-16(2)11-13-17)14-20(27-23(26)24-15-25-27)18-8-5-6-9-21(18)29-3/h5-6,8-13,15,19-20H,4,7,14H2,1-3H3/t19-,20-/m1/s1. The summed E-state index contributed by atoms with van der Waals surface area (Å²) < 4.78 is 7.47. The second-order valence-corrected chi connectivity index (χ2v) is 7.44. The van der Waals surface area contributed by atoms with Gasteiger partial charge in [-0.05, 0) is 31.4 Å². The van der Waals surface area contributed by atoms with E-state index in [0.717, 1.165) is 23.3 Å². The molecule has 0 aliphatic carbocycles. The molecular formula is C23H26N4O2. The zero-order chi connectivity index (χ0) is 20.4. The van der Waals surface area contributed by atoms with Crippen LogP contribution in [0, 0.1) is 6.92 Å². The van der Waals surface area contributed by atoms with Crippen LogP contribution in [0.4, 0.5) is 5.95 Å². The molecule has 0 bridgehead atoms. The molecule has 1 aromatic heterocycles. The van der Waals surface area contributed by atoms with E-state index in [1.165, 1.54) is 11.9 Å². The summed E-state index contributed by atoms with van der Waals surface area (Å²) in [7, 11) is 1.68. The maximum atomic E-state index is 13.1. The van der Waals surface area contributed by atoms with Gasteiger partial charge in [-0.15, -0.1) is 0 Å². The Bertz CT molecular complexity index is 996. The fraction of sp³-hybridized carbons (Fsp3) is 0.348. The first-order chi connectivity index (χ1) is 14.1. The highest BCUT2D eigenvalue weighted by atomic mass is 16.5. The third-order valence-electron chi connectivity index (χ3n) is 5.52. The normalized spacial score (nSPS) is 18.4. The van der Waals surface area contributed by atoms with Gasteiger partial charge in [0.2, 0.25) is 11.9 Å². The number of para-hydroxylation sites is 1. The van der Waals surface area contributed by atoms with Crippen molar-refractivity contribution in [3.05, 3.63) is 71.5 Å². The topological polar surface area (TPSA) is 60.2 Å². The predicted octanol–water partition coefficient (Wildman–Crippen LogP) is 4.46. The summed E-state index contributed by atoms with van der Waals surface area (Å²) in [5.41, 5.74) is 3.34. The zero-order valence-corrected chi connectivity index (χ0v) is 17.1. The Hall–Kier alpha value is -3.15. The van der Waals surface area contributed by atoms with Gasteiger partial charge in [0, 0.05) is 12.0 Å². The quantitative estimate of drug-likeness (QED) is 0.645. The van der Waals surface area contributed by atoms with E-state index in [0.29, 0.717) is 18.8 Å². The lowest BCUT2D eigenvalue weighted by Gasteiger charge is -2.39. The highest BCUT2D eigenvalue weighted by molar-refractivity contribution is 5.92. The van der Waals surface area contributed by atoms with E-state index in [1.54, 1.807) is 7.11 Å². The van der Waals surface area contributed by atoms with Crippen molar-refractivity contribution in [2.24, 2.45) is 0 Å². The lowest BCUT2D eigenvalue weighted by molar-refractivity contribution is -0.119. The van der Waals surface area contributed by atoms with Crippen LogP contribution in [-0.2, 0) is 4.79 Å². The molecule has 29 heavy (non-hydrogen) atoms. The van der Waals surface area contributed by atoms with Crippen molar-refractivity contribution in [2.45, 2.75) is 45.2 Å². The van der Waals surface area contributed by atoms with Crippen LogP contribution < -0.4 is 9.64 Å². The minimum absolute atomic E-state index is 0.0689. The van der Waals surface area contributed by atoms with Gasteiger partial charge in [0.25, 0.3) is 0 Å². The Morgan fingerprint density at radius 1 is 1.14 bits per heavy atom. The molecular weight excluding hydrogens is 364 g/mol. The SMILES string of the molecule is CCCC(=O)N1c2ncnn2[C@@H](c2ccccc2OC)C[C@@H]1c1ccc(C)cc1. The molecule has 2 atom stereocenters. The molecule has 2 heterocycles. The second-order valence-electron chi connectivity index (χ2n) is 7.44. The first kappa shape index (κ1) is 19.2. The molecule has 0 saturated heterocycles. The fourth-order valence-electron chi connectivity index (χ4n) is 4.09. The number of aromatic nitrogens is 3. The molecule has 2 aromatic carbocycles. The molecule has 3 aromatic rings. The maximum Gasteiger partial charge on any atom is 0.231 e. The van der Waals surface area contributed by atoms with E-state index in [-0.39, 0.29) is 18.0 Å². The second kappa shape index (κ2) is 8.07. The van der Waals surface area contributed by atoms with Crippen LogP contribution in [-0.4, -0.2) is 27.8 Å². The van der Waals surface area contributed by atoms with Crippen LogP contribution in [0.3, 0.4) is 0 Å². The molecule has 0 unspecified atom stereocenters. The summed E-state index contributed by atoms with van der Waals surface area (Å²) in [6.07, 6.45) is 3.51. The first-order valence-electron chi connectivity index (χ1n) is 10.0. The van der Waals surface area contributed by atoms with Crippen LogP contribution in [0.5, 0.6) is 5.75 Å². The number of nitrogens with zero attached hydrogens (tertiary/aromatic N) is 4. The maximum absolute atomic E-state index is 13.1. The number of ether oxygens (including phenoxy) is 1. The minimum atomic E-state index is -0.110. The Morgan fingerprint density at radius 2 is 1.90 bits per heavy atom. The summed E-state index contributed by atoms with van der Waals surface area (Å²) >= 11 is 0. The fourth-order valence-corrected chi connectivity index (χ4v) is 4.09. The summed E-state index contributed by atoms with van der Waals surface area (Å²) in [5, 5.41) is 4.48. The molecule has 0 saturated carbocycles. The smallest absolute Gasteiger partial charge is 0.231 e. The van der Waals surface area contributed by atoms with Crippen molar-refractivity contribution >= 4 is 11.9 Å². The predicted molar refractivity (Wildman–Crippen MR) is 112 cm³/mol. The van der Waals surface area contributed by atoms with Gasteiger partial charge >= 0.3 is 0 Å². The summed E-state index contributed by atoms with van der Waals surface area (Å²) in [5.74, 6) is 1.48. The largest absolute Gasteiger partial charge is 0.496 e. The van der Waals surface area contributed by atoms with Gasteiger partial charge < -0.3 is 4.74 Å². The molecule has 150 valence electrons. The van der Waals surface area contributed by atoms with E-state index in [9.17, 15) is 4.79 Å². The van der Waals surface area contributed by atoms with Gasteiger partial charge in [-0.25, -0.2) is 4.68 Å². The summed E-state index contributed by atoms with van der Waals surface area (Å²) in [6.45, 7) is 4.09. The van der Waals surface area contributed by atoms with Crippen molar-refractivity contribution < 1.29 is 9.53 Å².